The average molecular weight is 263 g/mol. The number of aryl methyl sites for hydroxylation is 1. The minimum atomic E-state index is 0.529. The molecule has 0 amide bonds. The van der Waals surface area contributed by atoms with Gasteiger partial charge in [-0.2, -0.15) is 0 Å². The summed E-state index contributed by atoms with van der Waals surface area (Å²) in [5, 5.41) is 3.56. The summed E-state index contributed by atoms with van der Waals surface area (Å²) < 4.78 is 0. The number of hydrazine groups is 1. The first kappa shape index (κ1) is 14.1. The summed E-state index contributed by atoms with van der Waals surface area (Å²) in [4.78, 5) is 8.78. The van der Waals surface area contributed by atoms with Gasteiger partial charge in [0.1, 0.15) is 17.5 Å². The second kappa shape index (κ2) is 6.19. The fraction of sp³-hybridized carbons (Fsp3) is 0.714. The van der Waals surface area contributed by atoms with E-state index in [2.05, 4.69) is 27.6 Å². The Labute approximate surface area is 115 Å². The Kier molecular flexibility index (Phi) is 4.58. The number of anilines is 2. The fourth-order valence-electron chi connectivity index (χ4n) is 2.82. The Morgan fingerprint density at radius 3 is 2.32 bits per heavy atom. The molecule has 4 N–H and O–H groups in total. The van der Waals surface area contributed by atoms with Gasteiger partial charge in [-0.15, -0.1) is 0 Å². The highest BCUT2D eigenvalue weighted by Crippen LogP contribution is 2.29. The number of nitrogens with one attached hydrogen (secondary N) is 2. The van der Waals surface area contributed by atoms with Gasteiger partial charge in [0, 0.05) is 11.6 Å². The molecule has 19 heavy (non-hydrogen) atoms. The van der Waals surface area contributed by atoms with Crippen LogP contribution in [0.4, 0.5) is 11.6 Å². The van der Waals surface area contributed by atoms with Crippen LogP contribution in [-0.4, -0.2) is 16.0 Å². The molecule has 0 atom stereocenters. The quantitative estimate of drug-likeness (QED) is 0.575. The summed E-state index contributed by atoms with van der Waals surface area (Å²) in [5.74, 6) is 8.76. The molecule has 5 heteroatoms. The maximum absolute atomic E-state index is 5.49. The van der Waals surface area contributed by atoms with Gasteiger partial charge in [0.15, 0.2) is 0 Å². The molecular weight excluding hydrogens is 238 g/mol. The minimum absolute atomic E-state index is 0.529. The zero-order chi connectivity index (χ0) is 13.8. The van der Waals surface area contributed by atoms with Crippen LogP contribution in [0.5, 0.6) is 0 Å². The van der Waals surface area contributed by atoms with Gasteiger partial charge in [-0.25, -0.2) is 15.8 Å². The lowest BCUT2D eigenvalue weighted by atomic mass is 9.84. The fourth-order valence-corrected chi connectivity index (χ4v) is 2.82. The molecule has 1 heterocycles. The summed E-state index contributed by atoms with van der Waals surface area (Å²) in [5.41, 5.74) is 3.63. The Bertz CT molecular complexity index is 424. The van der Waals surface area contributed by atoms with Crippen molar-refractivity contribution >= 4 is 11.6 Å². The third-order valence-electron chi connectivity index (χ3n) is 4.16. The van der Waals surface area contributed by atoms with Crippen molar-refractivity contribution in [2.45, 2.75) is 58.9 Å². The van der Waals surface area contributed by atoms with Gasteiger partial charge in [0.2, 0.25) is 0 Å². The van der Waals surface area contributed by atoms with Crippen molar-refractivity contribution in [2.75, 3.05) is 10.7 Å². The lowest BCUT2D eigenvalue weighted by Gasteiger charge is -2.29. The highest BCUT2D eigenvalue weighted by Gasteiger charge is 2.21. The Hall–Kier alpha value is -1.36. The van der Waals surface area contributed by atoms with E-state index < -0.39 is 0 Å². The molecule has 0 aliphatic heterocycles. The molecule has 0 radical (unpaired) electrons. The van der Waals surface area contributed by atoms with Crippen molar-refractivity contribution in [3.8, 4) is 0 Å². The van der Waals surface area contributed by atoms with E-state index in [-0.39, 0.29) is 0 Å². The van der Waals surface area contributed by atoms with Crippen LogP contribution < -0.4 is 16.6 Å². The Morgan fingerprint density at radius 2 is 1.74 bits per heavy atom. The minimum Gasteiger partial charge on any atom is -0.367 e. The molecule has 1 aliphatic carbocycles. The third-order valence-corrected chi connectivity index (χ3v) is 4.16. The largest absolute Gasteiger partial charge is 0.367 e. The Balaban J connectivity index is 2.05. The second-order valence-electron chi connectivity index (χ2n) is 5.51. The number of nitrogens with zero attached hydrogens (tertiary/aromatic N) is 2. The lowest BCUT2D eigenvalue weighted by Crippen LogP contribution is -2.27. The number of hydrogen-bond donors (Lipinski definition) is 3. The van der Waals surface area contributed by atoms with E-state index in [0.29, 0.717) is 11.9 Å². The molecule has 1 aromatic heterocycles. The molecule has 0 aromatic carbocycles. The van der Waals surface area contributed by atoms with Gasteiger partial charge in [0.05, 0.1) is 0 Å². The zero-order valence-electron chi connectivity index (χ0n) is 12.2. The number of rotatable bonds is 4. The zero-order valence-corrected chi connectivity index (χ0v) is 12.2. The molecular formula is C14H25N5. The molecule has 106 valence electrons. The van der Waals surface area contributed by atoms with Crippen molar-refractivity contribution in [1.29, 1.82) is 0 Å². The molecule has 0 saturated heterocycles. The van der Waals surface area contributed by atoms with Gasteiger partial charge in [0.25, 0.3) is 0 Å². The van der Waals surface area contributed by atoms with Gasteiger partial charge in [-0.05, 0) is 45.4 Å². The SMILES string of the molecule is CCC1CCC(Nc2nc(C)nc(NN)c2C)CC1. The summed E-state index contributed by atoms with van der Waals surface area (Å²) >= 11 is 0. The van der Waals surface area contributed by atoms with Crippen LogP contribution in [0.2, 0.25) is 0 Å². The van der Waals surface area contributed by atoms with E-state index in [0.717, 1.165) is 23.1 Å². The van der Waals surface area contributed by atoms with Crippen LogP contribution in [0.1, 0.15) is 50.4 Å². The van der Waals surface area contributed by atoms with Gasteiger partial charge in [-0.3, -0.25) is 0 Å². The smallest absolute Gasteiger partial charge is 0.148 e. The van der Waals surface area contributed by atoms with Crippen molar-refractivity contribution in [1.82, 2.24) is 9.97 Å². The average Bonchev–Trinajstić information content (AvgIpc) is 2.43. The van der Waals surface area contributed by atoms with E-state index in [1.54, 1.807) is 0 Å². The topological polar surface area (TPSA) is 75.9 Å². The number of hydrogen-bond acceptors (Lipinski definition) is 5. The van der Waals surface area contributed by atoms with Crippen LogP contribution in [0.25, 0.3) is 0 Å². The van der Waals surface area contributed by atoms with Crippen molar-refractivity contribution in [3.63, 3.8) is 0 Å². The van der Waals surface area contributed by atoms with Gasteiger partial charge < -0.3 is 10.7 Å². The molecule has 0 bridgehead atoms. The van der Waals surface area contributed by atoms with Crippen LogP contribution in [0.3, 0.4) is 0 Å². The van der Waals surface area contributed by atoms with Gasteiger partial charge >= 0.3 is 0 Å². The van der Waals surface area contributed by atoms with Gasteiger partial charge in [-0.1, -0.05) is 13.3 Å². The van der Waals surface area contributed by atoms with E-state index in [1.807, 2.05) is 13.8 Å². The maximum Gasteiger partial charge on any atom is 0.148 e. The normalized spacial score (nSPS) is 23.2. The standard InChI is InChI=1S/C14H25N5/c1-4-11-5-7-12(8-6-11)18-13-9(2)14(19-15)17-10(3)16-13/h11-12H,4-8,15H2,1-3H3,(H2,16,17,18,19). The molecule has 2 rings (SSSR count). The highest BCUT2D eigenvalue weighted by atomic mass is 15.3. The summed E-state index contributed by atoms with van der Waals surface area (Å²) in [7, 11) is 0. The second-order valence-corrected chi connectivity index (χ2v) is 5.51. The van der Waals surface area contributed by atoms with E-state index >= 15 is 0 Å². The summed E-state index contributed by atoms with van der Waals surface area (Å²) in [6.45, 7) is 6.17. The van der Waals surface area contributed by atoms with Crippen LogP contribution in [0, 0.1) is 19.8 Å². The predicted octanol–water partition coefficient (Wildman–Crippen LogP) is 2.76. The number of nitrogens with two attached hydrogens (primary N) is 1. The van der Waals surface area contributed by atoms with E-state index in [4.69, 9.17) is 5.84 Å². The van der Waals surface area contributed by atoms with Crippen molar-refractivity contribution < 1.29 is 0 Å². The Morgan fingerprint density at radius 1 is 1.11 bits per heavy atom. The van der Waals surface area contributed by atoms with Crippen LogP contribution >= 0.6 is 0 Å². The molecule has 0 unspecified atom stereocenters. The maximum atomic E-state index is 5.49. The molecule has 0 spiro atoms. The van der Waals surface area contributed by atoms with Crippen LogP contribution in [0.15, 0.2) is 0 Å². The molecule has 5 nitrogen and oxygen atoms in total. The van der Waals surface area contributed by atoms with Crippen molar-refractivity contribution in [2.24, 2.45) is 11.8 Å². The van der Waals surface area contributed by atoms with E-state index in [9.17, 15) is 0 Å². The molecule has 1 aliphatic rings. The first-order valence-electron chi connectivity index (χ1n) is 7.22. The lowest BCUT2D eigenvalue weighted by molar-refractivity contribution is 0.330. The highest BCUT2D eigenvalue weighted by molar-refractivity contribution is 5.57. The molecule has 1 fully saturated rings. The third kappa shape index (κ3) is 3.35. The molecule has 1 aromatic rings. The van der Waals surface area contributed by atoms with E-state index in [1.165, 1.54) is 32.1 Å². The van der Waals surface area contributed by atoms with Crippen LogP contribution in [-0.2, 0) is 0 Å². The number of aromatic nitrogens is 2. The summed E-state index contributed by atoms with van der Waals surface area (Å²) in [6.07, 6.45) is 6.40. The van der Waals surface area contributed by atoms with Crippen molar-refractivity contribution in [3.05, 3.63) is 11.4 Å². The monoisotopic (exact) mass is 263 g/mol. The number of nitrogen functional groups attached to an aromatic ring is 1. The first-order valence-corrected chi connectivity index (χ1v) is 7.22. The predicted molar refractivity (Wildman–Crippen MR) is 79.0 cm³/mol. The summed E-state index contributed by atoms with van der Waals surface area (Å²) in [6, 6.07) is 0.529. The first-order chi connectivity index (χ1) is 9.13. The molecule has 1 saturated carbocycles.